The number of carbonyl (C=O) groups is 2. The van der Waals surface area contributed by atoms with Crippen molar-refractivity contribution in [3.8, 4) is 11.3 Å². The highest BCUT2D eigenvalue weighted by Crippen LogP contribution is 2.29. The molecule has 0 aliphatic heterocycles. The van der Waals surface area contributed by atoms with Gasteiger partial charge >= 0.3 is 5.97 Å². The van der Waals surface area contributed by atoms with Crippen LogP contribution in [0.2, 0.25) is 0 Å². The number of hydrogen-bond acceptors (Lipinski definition) is 5. The molecule has 7 nitrogen and oxygen atoms in total. The summed E-state index contributed by atoms with van der Waals surface area (Å²) in [5.74, 6) is -1.98. The first-order chi connectivity index (χ1) is 11.6. The van der Waals surface area contributed by atoms with Crippen molar-refractivity contribution in [3.63, 3.8) is 0 Å². The zero-order valence-corrected chi connectivity index (χ0v) is 13.6. The molecule has 0 unspecified atom stereocenters. The van der Waals surface area contributed by atoms with Crippen LogP contribution in [0.4, 0.5) is 5.88 Å². The summed E-state index contributed by atoms with van der Waals surface area (Å²) < 4.78 is 5.76. The number of nitrogens with zero attached hydrogens (tertiary/aromatic N) is 2. The van der Waals surface area contributed by atoms with Crippen LogP contribution in [0.25, 0.3) is 11.3 Å². The largest absolute Gasteiger partial charge is 0.477 e. The van der Waals surface area contributed by atoms with Crippen LogP contribution < -0.4 is 5.32 Å². The Morgan fingerprint density at radius 3 is 2.58 bits per heavy atom. The van der Waals surface area contributed by atoms with Crippen molar-refractivity contribution in [1.82, 2.24) is 10.1 Å². The fourth-order valence-electron chi connectivity index (χ4n) is 2.09. The normalized spacial score (nSPS) is 10.4. The average Bonchev–Trinajstić information content (AvgIpc) is 2.99. The fourth-order valence-corrected chi connectivity index (χ4v) is 2.48. The molecule has 0 saturated heterocycles. The van der Waals surface area contributed by atoms with Gasteiger partial charge in [-0.2, -0.15) is 0 Å². The lowest BCUT2D eigenvalue weighted by molar-refractivity contribution is 0.0698. The molecule has 0 fully saturated rings. The molecule has 0 atom stereocenters. The van der Waals surface area contributed by atoms with Crippen LogP contribution in [-0.2, 0) is 0 Å². The maximum Gasteiger partial charge on any atom is 0.343 e. The fraction of sp³-hybridized carbons (Fsp3) is 0. The summed E-state index contributed by atoms with van der Waals surface area (Å²) in [4.78, 5) is 27.7. The van der Waals surface area contributed by atoms with Crippen LogP contribution in [-0.4, -0.2) is 27.1 Å². The molecule has 3 rings (SSSR count). The van der Waals surface area contributed by atoms with Crippen molar-refractivity contribution in [3.05, 3.63) is 64.4 Å². The number of aromatic carboxylic acids is 1. The van der Waals surface area contributed by atoms with Gasteiger partial charge in [0.05, 0.1) is 0 Å². The second kappa shape index (κ2) is 6.63. The third-order valence-corrected chi connectivity index (χ3v) is 3.67. The smallest absolute Gasteiger partial charge is 0.343 e. The van der Waals surface area contributed by atoms with Gasteiger partial charge < -0.3 is 9.63 Å². The van der Waals surface area contributed by atoms with Gasteiger partial charge in [0.15, 0.2) is 5.56 Å². The number of hydrogen-bond donors (Lipinski definition) is 2. The number of pyridine rings is 1. The van der Waals surface area contributed by atoms with Gasteiger partial charge in [0.25, 0.3) is 5.91 Å². The third kappa shape index (κ3) is 3.18. The third-order valence-electron chi connectivity index (χ3n) is 3.17. The summed E-state index contributed by atoms with van der Waals surface area (Å²) in [6.07, 6.45) is 3.02. The van der Waals surface area contributed by atoms with Crippen molar-refractivity contribution in [2.75, 3.05) is 5.32 Å². The first kappa shape index (κ1) is 15.9. The molecule has 0 saturated carbocycles. The summed E-state index contributed by atoms with van der Waals surface area (Å²) in [5, 5.41) is 15.7. The SMILES string of the molecule is O=C(Nc1onc(-c2ccncc2)c1C(=O)O)c1cccc(Br)c1. The van der Waals surface area contributed by atoms with Gasteiger partial charge in [-0.25, -0.2) is 4.79 Å². The summed E-state index contributed by atoms with van der Waals surface area (Å²) in [7, 11) is 0. The molecular weight excluding hydrogens is 378 g/mol. The van der Waals surface area contributed by atoms with Gasteiger partial charge in [0.2, 0.25) is 5.88 Å². The Hall–Kier alpha value is -3.00. The van der Waals surface area contributed by atoms with Gasteiger partial charge in [-0.05, 0) is 30.3 Å². The molecule has 2 aromatic heterocycles. The highest BCUT2D eigenvalue weighted by molar-refractivity contribution is 9.10. The number of halogens is 1. The highest BCUT2D eigenvalue weighted by Gasteiger charge is 2.25. The summed E-state index contributed by atoms with van der Waals surface area (Å²) in [6, 6.07) is 9.88. The number of amides is 1. The summed E-state index contributed by atoms with van der Waals surface area (Å²) in [5.41, 5.74) is 0.774. The van der Waals surface area contributed by atoms with Gasteiger partial charge in [0, 0.05) is 28.0 Å². The number of rotatable bonds is 4. The minimum atomic E-state index is -1.26. The Morgan fingerprint density at radius 1 is 1.17 bits per heavy atom. The van der Waals surface area contributed by atoms with Crippen molar-refractivity contribution >= 4 is 33.7 Å². The van der Waals surface area contributed by atoms with Crippen molar-refractivity contribution in [1.29, 1.82) is 0 Å². The Balaban J connectivity index is 1.96. The monoisotopic (exact) mass is 387 g/mol. The minimum Gasteiger partial charge on any atom is -0.477 e. The van der Waals surface area contributed by atoms with Gasteiger partial charge in [-0.3, -0.25) is 15.1 Å². The standard InChI is InChI=1S/C16H10BrN3O4/c17-11-3-1-2-10(8-11)14(21)19-15-12(16(22)23)13(20-24-15)9-4-6-18-7-5-9/h1-8H,(H,19,21)(H,22,23). The first-order valence-corrected chi connectivity index (χ1v) is 7.56. The molecule has 1 amide bonds. The number of nitrogens with one attached hydrogen (secondary N) is 1. The second-order valence-corrected chi connectivity index (χ2v) is 5.66. The van der Waals surface area contributed by atoms with E-state index in [2.05, 4.69) is 31.4 Å². The minimum absolute atomic E-state index is 0.120. The van der Waals surface area contributed by atoms with Crippen LogP contribution >= 0.6 is 15.9 Å². The van der Waals surface area contributed by atoms with Gasteiger partial charge in [-0.1, -0.05) is 27.2 Å². The average molecular weight is 388 g/mol. The molecule has 1 aromatic carbocycles. The molecule has 3 aromatic rings. The maximum atomic E-state index is 12.3. The van der Waals surface area contributed by atoms with E-state index >= 15 is 0 Å². The van der Waals surface area contributed by atoms with E-state index in [0.29, 0.717) is 11.1 Å². The molecule has 0 aliphatic carbocycles. The molecule has 0 radical (unpaired) electrons. The number of carboxylic acids is 1. The van der Waals surface area contributed by atoms with Gasteiger partial charge in [-0.15, -0.1) is 0 Å². The van der Waals surface area contributed by atoms with E-state index < -0.39 is 11.9 Å². The van der Waals surface area contributed by atoms with E-state index in [9.17, 15) is 14.7 Å². The van der Waals surface area contributed by atoms with Crippen molar-refractivity contribution in [2.45, 2.75) is 0 Å². The molecule has 2 N–H and O–H groups in total. The van der Waals surface area contributed by atoms with Crippen LogP contribution in [0.3, 0.4) is 0 Å². The number of aromatic nitrogens is 2. The van der Waals surface area contributed by atoms with Crippen LogP contribution in [0.15, 0.2) is 57.8 Å². The van der Waals surface area contributed by atoms with Gasteiger partial charge in [0.1, 0.15) is 5.69 Å². The predicted octanol–water partition coefficient (Wildman–Crippen LogP) is 3.45. The number of anilines is 1. The predicted molar refractivity (Wildman–Crippen MR) is 88.8 cm³/mol. The Bertz CT molecular complexity index is 909. The first-order valence-electron chi connectivity index (χ1n) is 6.76. The second-order valence-electron chi connectivity index (χ2n) is 4.74. The summed E-state index contributed by atoms with van der Waals surface area (Å²) >= 11 is 3.27. The van der Waals surface area contributed by atoms with Crippen molar-refractivity contribution in [2.24, 2.45) is 0 Å². The molecular formula is C16H10BrN3O4. The number of benzene rings is 1. The van der Waals surface area contributed by atoms with E-state index in [1.807, 2.05) is 0 Å². The number of carbonyl (C=O) groups excluding carboxylic acids is 1. The highest BCUT2D eigenvalue weighted by atomic mass is 79.9. The topological polar surface area (TPSA) is 105 Å². The van der Waals surface area contributed by atoms with E-state index in [1.54, 1.807) is 36.4 Å². The lowest BCUT2D eigenvalue weighted by Gasteiger charge is -2.03. The lowest BCUT2D eigenvalue weighted by Crippen LogP contribution is -2.14. The molecule has 24 heavy (non-hydrogen) atoms. The summed E-state index contributed by atoms with van der Waals surface area (Å²) in [6.45, 7) is 0. The zero-order valence-electron chi connectivity index (χ0n) is 12.1. The Kier molecular flexibility index (Phi) is 4.39. The Labute approximate surface area is 144 Å². The number of carboxylic acid groups (broad SMARTS) is 1. The molecule has 2 heterocycles. The van der Waals surface area contributed by atoms with E-state index in [1.165, 1.54) is 12.4 Å². The molecule has 0 spiro atoms. The quantitative estimate of drug-likeness (QED) is 0.709. The van der Waals surface area contributed by atoms with Crippen LogP contribution in [0.1, 0.15) is 20.7 Å². The maximum absolute atomic E-state index is 12.3. The molecule has 8 heteroatoms. The van der Waals surface area contributed by atoms with E-state index in [0.717, 1.165) is 4.47 Å². The molecule has 0 bridgehead atoms. The molecule has 0 aliphatic rings. The van der Waals surface area contributed by atoms with Crippen molar-refractivity contribution < 1.29 is 19.2 Å². The molecule has 120 valence electrons. The van der Waals surface area contributed by atoms with E-state index in [4.69, 9.17) is 4.52 Å². The Morgan fingerprint density at radius 2 is 1.92 bits per heavy atom. The lowest BCUT2D eigenvalue weighted by atomic mass is 10.1. The van der Waals surface area contributed by atoms with Crippen LogP contribution in [0, 0.1) is 0 Å². The van der Waals surface area contributed by atoms with Crippen LogP contribution in [0.5, 0.6) is 0 Å². The zero-order chi connectivity index (χ0) is 17.1. The van der Waals surface area contributed by atoms with E-state index in [-0.39, 0.29) is 17.1 Å².